The molecule has 0 aromatic rings. The van der Waals surface area contributed by atoms with Crippen molar-refractivity contribution in [1.82, 2.24) is 15.5 Å². The average molecular weight is 452 g/mol. The second-order valence-electron chi connectivity index (χ2n) is 11.1. The highest BCUT2D eigenvalue weighted by Gasteiger charge is 2.79. The average Bonchev–Trinajstić information content (AvgIpc) is 3.19. The van der Waals surface area contributed by atoms with Crippen LogP contribution in [-0.4, -0.2) is 70.2 Å². The zero-order valence-electron chi connectivity index (χ0n) is 20.5. The van der Waals surface area contributed by atoms with Gasteiger partial charge in [0.25, 0.3) is 0 Å². The van der Waals surface area contributed by atoms with E-state index in [0.29, 0.717) is 32.4 Å². The van der Waals surface area contributed by atoms with Crippen LogP contribution in [0, 0.1) is 17.8 Å². The van der Waals surface area contributed by atoms with E-state index in [1.54, 1.807) is 4.90 Å². The molecule has 3 heterocycles. The second-order valence-corrected chi connectivity index (χ2v) is 11.1. The molecule has 0 aromatic carbocycles. The molecule has 3 fully saturated rings. The third-order valence-electron chi connectivity index (χ3n) is 7.45. The zero-order chi connectivity index (χ0) is 23.9. The number of ether oxygens (including phenoxy) is 1. The van der Waals surface area contributed by atoms with Crippen molar-refractivity contribution in [2.45, 2.75) is 96.4 Å². The summed E-state index contributed by atoms with van der Waals surface area (Å²) in [6.07, 6.45) is 3.49. The van der Waals surface area contributed by atoms with Gasteiger partial charge in [-0.25, -0.2) is 0 Å². The van der Waals surface area contributed by atoms with Gasteiger partial charge >= 0.3 is 0 Å². The quantitative estimate of drug-likeness (QED) is 0.462. The van der Waals surface area contributed by atoms with Gasteiger partial charge in [-0.3, -0.25) is 14.4 Å². The minimum atomic E-state index is -0.994. The zero-order valence-corrected chi connectivity index (χ0v) is 20.5. The number of nitrogens with zero attached hydrogens (tertiary/aromatic N) is 1. The Kier molecular flexibility index (Phi) is 6.97. The molecule has 3 N–H and O–H groups in total. The molecule has 3 rings (SSSR count). The Labute approximate surface area is 191 Å². The highest BCUT2D eigenvalue weighted by atomic mass is 16.5. The van der Waals surface area contributed by atoms with E-state index < -0.39 is 34.6 Å². The van der Waals surface area contributed by atoms with Crippen molar-refractivity contribution in [3.8, 4) is 0 Å². The van der Waals surface area contributed by atoms with E-state index in [0.717, 1.165) is 12.8 Å². The predicted molar refractivity (Wildman–Crippen MR) is 121 cm³/mol. The first kappa shape index (κ1) is 25.0. The largest absolute Gasteiger partial charge is 0.396 e. The molecule has 8 heteroatoms. The molecule has 3 amide bonds. The van der Waals surface area contributed by atoms with E-state index in [2.05, 4.69) is 17.6 Å². The van der Waals surface area contributed by atoms with Gasteiger partial charge in [0.1, 0.15) is 11.6 Å². The third-order valence-corrected chi connectivity index (χ3v) is 7.45. The van der Waals surface area contributed by atoms with Crippen molar-refractivity contribution in [3.63, 3.8) is 0 Å². The van der Waals surface area contributed by atoms with E-state index in [9.17, 15) is 14.4 Å². The fourth-order valence-corrected chi connectivity index (χ4v) is 6.05. The number of rotatable bonds is 9. The highest BCUT2D eigenvalue weighted by Crippen LogP contribution is 2.65. The molecule has 0 radical (unpaired) electrons. The second kappa shape index (κ2) is 8.93. The summed E-state index contributed by atoms with van der Waals surface area (Å²) in [5.41, 5.74) is -2.23. The van der Waals surface area contributed by atoms with Crippen molar-refractivity contribution in [1.29, 1.82) is 0 Å². The topological polar surface area (TPSA) is 108 Å². The number of hydrogen-bond donors (Lipinski definition) is 3. The molecule has 8 nitrogen and oxygen atoms in total. The minimum Gasteiger partial charge on any atom is -0.396 e. The van der Waals surface area contributed by atoms with E-state index in [-0.39, 0.29) is 30.2 Å². The van der Waals surface area contributed by atoms with Crippen LogP contribution >= 0.6 is 0 Å². The summed E-state index contributed by atoms with van der Waals surface area (Å²) in [6.45, 7) is 12.8. The monoisotopic (exact) mass is 451 g/mol. The molecule has 6 atom stereocenters. The Morgan fingerprint density at radius 2 is 1.91 bits per heavy atom. The van der Waals surface area contributed by atoms with Crippen LogP contribution in [0.3, 0.4) is 0 Å². The smallest absolute Gasteiger partial charge is 0.246 e. The van der Waals surface area contributed by atoms with Crippen molar-refractivity contribution < 1.29 is 24.2 Å². The maximum Gasteiger partial charge on any atom is 0.246 e. The molecular formula is C24H41N3O5. The molecule has 2 bridgehead atoms. The summed E-state index contributed by atoms with van der Waals surface area (Å²) < 4.78 is 6.65. The summed E-state index contributed by atoms with van der Waals surface area (Å²) in [6, 6.07) is -0.762. The number of unbranched alkanes of at least 4 members (excludes halogenated alkanes) is 2. The fraction of sp³-hybridized carbons (Fsp3) is 0.875. The first-order valence-electron chi connectivity index (χ1n) is 12.1. The van der Waals surface area contributed by atoms with E-state index >= 15 is 0 Å². The van der Waals surface area contributed by atoms with Gasteiger partial charge in [0.15, 0.2) is 0 Å². The summed E-state index contributed by atoms with van der Waals surface area (Å²) in [5, 5.41) is 15.1. The normalized spacial score (nSPS) is 35.8. The maximum atomic E-state index is 13.8. The van der Waals surface area contributed by atoms with E-state index in [1.807, 2.05) is 34.6 Å². The summed E-state index contributed by atoms with van der Waals surface area (Å²) in [5.74, 6) is -1.76. The molecule has 182 valence electrons. The number of aliphatic hydroxyl groups is 1. The third kappa shape index (κ3) is 4.04. The van der Waals surface area contributed by atoms with Crippen molar-refractivity contribution in [2.24, 2.45) is 17.8 Å². The number of nitrogens with one attached hydrogen (secondary N) is 2. The lowest BCUT2D eigenvalue weighted by Gasteiger charge is -2.36. The van der Waals surface area contributed by atoms with E-state index in [4.69, 9.17) is 9.84 Å². The maximum absolute atomic E-state index is 13.8. The summed E-state index contributed by atoms with van der Waals surface area (Å²) >= 11 is 0. The van der Waals surface area contributed by atoms with Gasteiger partial charge in [-0.2, -0.15) is 0 Å². The van der Waals surface area contributed by atoms with Gasteiger partial charge in [0, 0.05) is 25.2 Å². The lowest BCUT2D eigenvalue weighted by molar-refractivity contribution is -0.148. The van der Waals surface area contributed by atoms with Crippen LogP contribution in [-0.2, 0) is 19.1 Å². The summed E-state index contributed by atoms with van der Waals surface area (Å²) in [7, 11) is 0. The van der Waals surface area contributed by atoms with Crippen molar-refractivity contribution in [2.75, 3.05) is 19.7 Å². The lowest BCUT2D eigenvalue weighted by atomic mass is 9.62. The summed E-state index contributed by atoms with van der Waals surface area (Å²) in [4.78, 5) is 42.3. The number of amides is 3. The van der Waals surface area contributed by atoms with Crippen LogP contribution in [0.1, 0.15) is 73.6 Å². The highest BCUT2D eigenvalue weighted by molar-refractivity contribution is 5.99. The van der Waals surface area contributed by atoms with Crippen LogP contribution in [0.2, 0.25) is 0 Å². The molecule has 0 aromatic heterocycles. The molecule has 0 saturated carbocycles. The van der Waals surface area contributed by atoms with Crippen molar-refractivity contribution in [3.05, 3.63) is 0 Å². The molecule has 1 spiro atoms. The standard InChI is InChI=1S/C24H41N3O5/c1-7-11-25-19(29)16-17-21(31)27(12-9-8-10-13-28)18(20(30)26-22(3,4)5)24(17)14-15(2)23(16,6)32-24/h15-18,28H,7-14H2,1-6H3,(H,25,29)(H,26,30)/t15?,16-,17+,18?,23+,24?/m1/s1. The number of carbonyl (C=O) groups is 3. The molecule has 3 aliphatic rings. The van der Waals surface area contributed by atoms with Gasteiger partial charge in [-0.05, 0) is 65.7 Å². The fourth-order valence-electron chi connectivity index (χ4n) is 6.05. The number of aliphatic hydroxyl groups excluding tert-OH is 1. The number of fused-ring (bicyclic) bond motifs is 1. The number of hydrogen-bond acceptors (Lipinski definition) is 5. The SMILES string of the molecule is CCCNC(=O)[C@H]1[C@H]2C(=O)N(CCCCCO)C(C(=O)NC(C)(C)C)C23CC(C)[C@]1(C)O3. The minimum absolute atomic E-state index is 0.0446. The van der Waals surface area contributed by atoms with Crippen LogP contribution in [0.4, 0.5) is 0 Å². The Bertz CT molecular complexity index is 750. The molecule has 3 aliphatic heterocycles. The Hall–Kier alpha value is -1.67. The van der Waals surface area contributed by atoms with E-state index in [1.165, 1.54) is 0 Å². The van der Waals surface area contributed by atoms with Crippen LogP contribution in [0.5, 0.6) is 0 Å². The first-order valence-corrected chi connectivity index (χ1v) is 12.1. The molecule has 32 heavy (non-hydrogen) atoms. The Morgan fingerprint density at radius 3 is 2.50 bits per heavy atom. The molecular weight excluding hydrogens is 410 g/mol. The number of likely N-dealkylation sites (tertiary alicyclic amines) is 1. The van der Waals surface area contributed by atoms with Gasteiger partial charge in [-0.15, -0.1) is 0 Å². The Balaban J connectivity index is 1.99. The van der Waals surface area contributed by atoms with Crippen LogP contribution in [0.25, 0.3) is 0 Å². The molecule has 3 saturated heterocycles. The number of carbonyl (C=O) groups excluding carboxylic acids is 3. The van der Waals surface area contributed by atoms with Gasteiger partial charge < -0.3 is 25.4 Å². The van der Waals surface area contributed by atoms with Crippen molar-refractivity contribution >= 4 is 17.7 Å². The van der Waals surface area contributed by atoms with Crippen LogP contribution < -0.4 is 10.6 Å². The predicted octanol–water partition coefficient (Wildman–Crippen LogP) is 1.60. The first-order chi connectivity index (χ1) is 14.9. The van der Waals surface area contributed by atoms with Crippen LogP contribution in [0.15, 0.2) is 0 Å². The molecule has 3 unspecified atom stereocenters. The van der Waals surface area contributed by atoms with Gasteiger partial charge in [0.05, 0.1) is 17.4 Å². The van der Waals surface area contributed by atoms with Gasteiger partial charge in [0.2, 0.25) is 17.7 Å². The lowest BCUT2D eigenvalue weighted by Crippen LogP contribution is -2.58. The Morgan fingerprint density at radius 1 is 1.22 bits per heavy atom. The molecule has 0 aliphatic carbocycles. The van der Waals surface area contributed by atoms with Gasteiger partial charge in [-0.1, -0.05) is 13.8 Å².